The van der Waals surface area contributed by atoms with E-state index < -0.39 is 5.91 Å². The molecule has 8 nitrogen and oxygen atoms in total. The van der Waals surface area contributed by atoms with Crippen LogP contribution in [0.25, 0.3) is 22.3 Å². The molecule has 0 bridgehead atoms. The van der Waals surface area contributed by atoms with Crippen LogP contribution in [0.1, 0.15) is 30.1 Å². The maximum absolute atomic E-state index is 12.2. The van der Waals surface area contributed by atoms with Gasteiger partial charge < -0.3 is 16.4 Å². The molecule has 1 aliphatic heterocycles. The average molecular weight is 420 g/mol. The number of nitrogens with one attached hydrogen (secondary N) is 1. The molecule has 5 N–H and O–H groups in total. The molecule has 1 saturated heterocycles. The molecule has 0 aromatic carbocycles. The number of halogens is 2. The van der Waals surface area contributed by atoms with Crippen molar-refractivity contribution in [1.82, 2.24) is 20.2 Å². The summed E-state index contributed by atoms with van der Waals surface area (Å²) in [5.41, 5.74) is 13.5. The van der Waals surface area contributed by atoms with Crippen LogP contribution < -0.4 is 16.4 Å². The van der Waals surface area contributed by atoms with E-state index in [-0.39, 0.29) is 15.7 Å². The van der Waals surface area contributed by atoms with Gasteiger partial charge in [-0.25, -0.2) is 9.97 Å². The van der Waals surface area contributed by atoms with Crippen LogP contribution in [0.5, 0.6) is 0 Å². The molecule has 146 valence electrons. The molecule has 10 heteroatoms. The summed E-state index contributed by atoms with van der Waals surface area (Å²) in [4.78, 5) is 22.9. The number of amides is 1. The van der Waals surface area contributed by atoms with Gasteiger partial charge in [-0.15, -0.1) is 0 Å². The molecule has 0 spiro atoms. The van der Waals surface area contributed by atoms with Crippen molar-refractivity contribution in [3.8, 4) is 11.3 Å². The van der Waals surface area contributed by atoms with Crippen molar-refractivity contribution in [2.75, 3.05) is 18.0 Å². The molecule has 0 saturated carbocycles. The normalized spacial score (nSPS) is 16.5. The Bertz CT molecular complexity index is 1070. The second-order valence-corrected chi connectivity index (χ2v) is 8.03. The molecule has 1 aliphatic rings. The second kappa shape index (κ2) is 6.88. The van der Waals surface area contributed by atoms with Gasteiger partial charge in [-0.05, 0) is 31.9 Å². The number of carbonyl (C=O) groups is 1. The number of nitrogens with two attached hydrogens (primary N) is 2. The van der Waals surface area contributed by atoms with Crippen molar-refractivity contribution in [2.45, 2.75) is 25.3 Å². The van der Waals surface area contributed by atoms with Crippen molar-refractivity contribution in [2.24, 2.45) is 11.5 Å². The Hall–Kier alpha value is -2.42. The second-order valence-electron chi connectivity index (χ2n) is 7.29. The monoisotopic (exact) mass is 419 g/mol. The summed E-state index contributed by atoms with van der Waals surface area (Å²) in [6.45, 7) is 3.54. The van der Waals surface area contributed by atoms with Gasteiger partial charge in [-0.1, -0.05) is 23.2 Å². The summed E-state index contributed by atoms with van der Waals surface area (Å²) >= 11 is 12.3. The van der Waals surface area contributed by atoms with Crippen molar-refractivity contribution in [3.63, 3.8) is 0 Å². The van der Waals surface area contributed by atoms with Gasteiger partial charge in [0.2, 0.25) is 5.91 Å². The largest absolute Gasteiger partial charge is 0.366 e. The Kier molecular flexibility index (Phi) is 4.65. The van der Waals surface area contributed by atoms with Crippen LogP contribution in [0, 0.1) is 0 Å². The van der Waals surface area contributed by atoms with Crippen LogP contribution in [0.4, 0.5) is 5.82 Å². The van der Waals surface area contributed by atoms with Crippen molar-refractivity contribution in [3.05, 3.63) is 34.1 Å². The van der Waals surface area contributed by atoms with E-state index in [4.69, 9.17) is 34.7 Å². The van der Waals surface area contributed by atoms with Gasteiger partial charge in [-0.2, -0.15) is 5.10 Å². The minimum atomic E-state index is -0.576. The molecule has 0 atom stereocenters. The van der Waals surface area contributed by atoms with Crippen molar-refractivity contribution >= 4 is 46.0 Å². The minimum absolute atomic E-state index is 0.152. The molecule has 28 heavy (non-hydrogen) atoms. The van der Waals surface area contributed by atoms with Crippen LogP contribution >= 0.6 is 23.2 Å². The Balaban J connectivity index is 1.84. The van der Waals surface area contributed by atoms with Gasteiger partial charge in [-0.3, -0.25) is 9.89 Å². The zero-order chi connectivity index (χ0) is 20.1. The van der Waals surface area contributed by atoms with E-state index in [1.807, 2.05) is 6.92 Å². The van der Waals surface area contributed by atoms with Gasteiger partial charge >= 0.3 is 0 Å². The molecule has 0 unspecified atom stereocenters. The molecular weight excluding hydrogens is 401 g/mol. The Morgan fingerprint density at radius 3 is 2.71 bits per heavy atom. The number of nitrogens with zero attached hydrogens (tertiary/aromatic N) is 4. The number of anilines is 1. The SMILES string of the molecule is CC1(N)CCN(c2cc(C(N)=O)c3c(-c4ccnc(Cl)c4Cl)n[nH]c3n2)CC1. The number of aromatic amines is 1. The average Bonchev–Trinajstić information content (AvgIpc) is 3.07. The summed E-state index contributed by atoms with van der Waals surface area (Å²) < 4.78 is 0. The third kappa shape index (κ3) is 3.28. The molecule has 0 aliphatic carbocycles. The summed E-state index contributed by atoms with van der Waals surface area (Å²) in [5, 5.41) is 8.10. The minimum Gasteiger partial charge on any atom is -0.366 e. The van der Waals surface area contributed by atoms with E-state index in [0.717, 1.165) is 25.9 Å². The number of carbonyl (C=O) groups excluding carboxylic acids is 1. The highest BCUT2D eigenvalue weighted by Crippen LogP contribution is 2.37. The first-order chi connectivity index (χ1) is 13.3. The molecule has 0 radical (unpaired) electrons. The topological polar surface area (TPSA) is 127 Å². The summed E-state index contributed by atoms with van der Waals surface area (Å²) in [7, 11) is 0. The highest BCUT2D eigenvalue weighted by Gasteiger charge is 2.28. The van der Waals surface area contributed by atoms with Gasteiger partial charge in [0.15, 0.2) is 5.65 Å². The summed E-state index contributed by atoms with van der Waals surface area (Å²) in [5.74, 6) is 0.0825. The first kappa shape index (κ1) is 18.9. The van der Waals surface area contributed by atoms with E-state index in [0.29, 0.717) is 33.7 Å². The fourth-order valence-electron chi connectivity index (χ4n) is 3.42. The van der Waals surface area contributed by atoms with E-state index in [2.05, 4.69) is 25.1 Å². The van der Waals surface area contributed by atoms with Crippen LogP contribution in [0.15, 0.2) is 18.3 Å². The number of pyridine rings is 2. The Morgan fingerprint density at radius 2 is 2.04 bits per heavy atom. The Labute approximate surface area is 171 Å². The molecule has 3 aromatic rings. The Morgan fingerprint density at radius 1 is 1.32 bits per heavy atom. The summed E-state index contributed by atoms with van der Waals surface area (Å²) in [6.07, 6.45) is 3.18. The molecule has 3 aromatic heterocycles. The number of rotatable bonds is 3. The van der Waals surface area contributed by atoms with E-state index in [1.165, 1.54) is 6.20 Å². The molecule has 4 heterocycles. The first-order valence-electron chi connectivity index (χ1n) is 8.80. The van der Waals surface area contributed by atoms with Gasteiger partial charge in [0.25, 0.3) is 0 Å². The first-order valence-corrected chi connectivity index (χ1v) is 9.55. The van der Waals surface area contributed by atoms with Crippen LogP contribution in [-0.4, -0.2) is 44.7 Å². The fourth-order valence-corrected chi connectivity index (χ4v) is 3.78. The quantitative estimate of drug-likeness (QED) is 0.560. The highest BCUT2D eigenvalue weighted by atomic mass is 35.5. The fraction of sp³-hybridized carbons (Fsp3) is 0.333. The molecule has 4 rings (SSSR count). The lowest BCUT2D eigenvalue weighted by molar-refractivity contribution is 0.100. The number of hydrogen-bond donors (Lipinski definition) is 3. The van der Waals surface area contributed by atoms with Gasteiger partial charge in [0, 0.05) is 30.4 Å². The number of H-pyrrole nitrogens is 1. The maximum atomic E-state index is 12.2. The lowest BCUT2D eigenvalue weighted by Crippen LogP contribution is -2.48. The third-order valence-electron chi connectivity index (χ3n) is 5.11. The standard InChI is InChI=1S/C18H19Cl2N7O/c1-18(22)3-6-27(7-4-18)11-8-10(16(21)28)12-14(25-26-17(12)24-11)9-2-5-23-15(20)13(9)19/h2,5,8H,3-4,6-7,22H2,1H3,(H2,21,28)(H,24,25,26). The lowest BCUT2D eigenvalue weighted by atomic mass is 9.91. The molecule has 1 amide bonds. The van der Waals surface area contributed by atoms with E-state index in [9.17, 15) is 4.79 Å². The van der Waals surface area contributed by atoms with E-state index >= 15 is 0 Å². The smallest absolute Gasteiger partial charge is 0.249 e. The van der Waals surface area contributed by atoms with Crippen LogP contribution in [0.3, 0.4) is 0 Å². The van der Waals surface area contributed by atoms with Crippen molar-refractivity contribution < 1.29 is 4.79 Å². The number of primary amides is 1. The van der Waals surface area contributed by atoms with Crippen LogP contribution in [0.2, 0.25) is 10.2 Å². The number of piperidine rings is 1. The third-order valence-corrected chi connectivity index (χ3v) is 5.88. The van der Waals surface area contributed by atoms with Crippen LogP contribution in [-0.2, 0) is 0 Å². The zero-order valence-electron chi connectivity index (χ0n) is 15.2. The zero-order valence-corrected chi connectivity index (χ0v) is 16.7. The highest BCUT2D eigenvalue weighted by molar-refractivity contribution is 6.43. The number of aromatic nitrogens is 4. The molecule has 1 fully saturated rings. The van der Waals surface area contributed by atoms with E-state index in [1.54, 1.807) is 12.1 Å². The number of fused-ring (bicyclic) bond motifs is 1. The molecular formula is C18H19Cl2N7O. The summed E-state index contributed by atoms with van der Waals surface area (Å²) in [6, 6.07) is 3.37. The maximum Gasteiger partial charge on any atom is 0.249 e. The van der Waals surface area contributed by atoms with Crippen molar-refractivity contribution in [1.29, 1.82) is 0 Å². The van der Waals surface area contributed by atoms with Gasteiger partial charge in [0.1, 0.15) is 16.7 Å². The predicted octanol–water partition coefficient (Wildman–Crippen LogP) is 2.74. The van der Waals surface area contributed by atoms with Gasteiger partial charge in [0.05, 0.1) is 16.0 Å². The predicted molar refractivity (Wildman–Crippen MR) is 110 cm³/mol. The lowest BCUT2D eigenvalue weighted by Gasteiger charge is -2.37. The number of hydrogen-bond acceptors (Lipinski definition) is 6.